The molecule has 0 aromatic heterocycles. The Kier molecular flexibility index (Phi) is 4.67. The molecule has 0 aliphatic carbocycles. The summed E-state index contributed by atoms with van der Waals surface area (Å²) in [5.41, 5.74) is 8.37. The highest BCUT2D eigenvalue weighted by Crippen LogP contribution is 2.19. The van der Waals surface area contributed by atoms with Crippen LogP contribution in [0, 0.1) is 12.8 Å². The average molecular weight is 297 g/mol. The number of nitrogens with two attached hydrogens (primary N) is 1. The summed E-state index contributed by atoms with van der Waals surface area (Å²) in [5.74, 6) is 0.425. The van der Waals surface area contributed by atoms with Gasteiger partial charge in [-0.1, -0.05) is 19.1 Å². The van der Waals surface area contributed by atoms with E-state index >= 15 is 0 Å². The molecule has 5 nitrogen and oxygen atoms in total. The van der Waals surface area contributed by atoms with E-state index in [0.29, 0.717) is 24.7 Å². The summed E-state index contributed by atoms with van der Waals surface area (Å²) in [6.45, 7) is 5.48. The number of piperidine rings is 1. The topological polar surface area (TPSA) is 75.4 Å². The second-order valence-corrected chi connectivity index (χ2v) is 7.32. The lowest BCUT2D eigenvalue weighted by Gasteiger charge is -2.30. The number of rotatable bonds is 4. The van der Waals surface area contributed by atoms with E-state index < -0.39 is 10.2 Å². The van der Waals surface area contributed by atoms with Gasteiger partial charge in [0.15, 0.2) is 0 Å². The molecule has 1 saturated heterocycles. The lowest BCUT2D eigenvalue weighted by molar-refractivity contribution is 0.278. The molecule has 6 heteroatoms. The van der Waals surface area contributed by atoms with Crippen LogP contribution in [0.5, 0.6) is 0 Å². The molecule has 0 amide bonds. The Labute approximate surface area is 121 Å². The molecule has 1 unspecified atom stereocenters. The summed E-state index contributed by atoms with van der Waals surface area (Å²) in [6, 6.07) is 5.56. The first kappa shape index (κ1) is 15.3. The summed E-state index contributed by atoms with van der Waals surface area (Å²) >= 11 is 0. The second-order valence-electron chi connectivity index (χ2n) is 5.56. The SMILES string of the molecule is Cc1c(N)cccc1CNS(=O)(=O)N1CCCC(C)C1. The Hall–Kier alpha value is -1.11. The van der Waals surface area contributed by atoms with Crippen molar-refractivity contribution in [1.82, 2.24) is 9.03 Å². The molecule has 2 rings (SSSR count). The first-order valence-electron chi connectivity index (χ1n) is 6.99. The minimum atomic E-state index is -3.40. The molecule has 1 aliphatic heterocycles. The molecule has 20 heavy (non-hydrogen) atoms. The van der Waals surface area contributed by atoms with Gasteiger partial charge in [-0.05, 0) is 42.9 Å². The van der Waals surface area contributed by atoms with Crippen LogP contribution in [0.1, 0.15) is 30.9 Å². The van der Waals surface area contributed by atoms with Gasteiger partial charge in [-0.25, -0.2) is 0 Å². The van der Waals surface area contributed by atoms with E-state index in [-0.39, 0.29) is 6.54 Å². The van der Waals surface area contributed by atoms with Gasteiger partial charge in [0.2, 0.25) is 0 Å². The standard InChI is InChI=1S/C14H23N3O2S/c1-11-5-4-8-17(10-11)20(18,19)16-9-13-6-3-7-14(15)12(13)2/h3,6-7,11,16H,4-5,8-10,15H2,1-2H3. The molecular weight excluding hydrogens is 274 g/mol. The maximum absolute atomic E-state index is 12.3. The van der Waals surface area contributed by atoms with Gasteiger partial charge in [0, 0.05) is 25.3 Å². The predicted octanol–water partition coefficient (Wildman–Crippen LogP) is 1.64. The normalized spacial score (nSPS) is 21.0. The number of anilines is 1. The largest absolute Gasteiger partial charge is 0.399 e. The molecule has 3 N–H and O–H groups in total. The summed E-state index contributed by atoms with van der Waals surface area (Å²) in [7, 11) is -3.40. The number of benzene rings is 1. The van der Waals surface area contributed by atoms with Crippen LogP contribution < -0.4 is 10.5 Å². The van der Waals surface area contributed by atoms with Crippen molar-refractivity contribution in [2.24, 2.45) is 5.92 Å². The van der Waals surface area contributed by atoms with Crippen molar-refractivity contribution < 1.29 is 8.42 Å². The van der Waals surface area contributed by atoms with Gasteiger partial charge < -0.3 is 5.73 Å². The van der Waals surface area contributed by atoms with Crippen molar-refractivity contribution in [2.75, 3.05) is 18.8 Å². The van der Waals surface area contributed by atoms with Crippen molar-refractivity contribution in [2.45, 2.75) is 33.2 Å². The lowest BCUT2D eigenvalue weighted by Crippen LogP contribution is -2.45. The van der Waals surface area contributed by atoms with Crippen molar-refractivity contribution in [1.29, 1.82) is 0 Å². The van der Waals surface area contributed by atoms with Crippen LogP contribution in [-0.4, -0.2) is 25.8 Å². The Morgan fingerprint density at radius 1 is 1.45 bits per heavy atom. The van der Waals surface area contributed by atoms with Crippen LogP contribution in [0.4, 0.5) is 5.69 Å². The van der Waals surface area contributed by atoms with Crippen LogP contribution in [0.25, 0.3) is 0 Å². The van der Waals surface area contributed by atoms with Gasteiger partial charge >= 0.3 is 0 Å². The van der Waals surface area contributed by atoms with Gasteiger partial charge in [-0.2, -0.15) is 17.4 Å². The molecule has 1 fully saturated rings. The van der Waals surface area contributed by atoms with Gasteiger partial charge in [0.1, 0.15) is 0 Å². The second kappa shape index (κ2) is 6.11. The Balaban J connectivity index is 2.03. The maximum atomic E-state index is 12.3. The van der Waals surface area contributed by atoms with Crippen LogP contribution >= 0.6 is 0 Å². The van der Waals surface area contributed by atoms with Crippen LogP contribution in [0.3, 0.4) is 0 Å². The van der Waals surface area contributed by atoms with E-state index in [1.165, 1.54) is 0 Å². The van der Waals surface area contributed by atoms with E-state index in [1.54, 1.807) is 4.31 Å². The van der Waals surface area contributed by atoms with Crippen LogP contribution in [-0.2, 0) is 16.8 Å². The number of nitrogens with zero attached hydrogens (tertiary/aromatic N) is 1. The third-order valence-corrected chi connectivity index (χ3v) is 5.41. The Bertz CT molecular complexity index is 572. The first-order chi connectivity index (χ1) is 9.40. The minimum absolute atomic E-state index is 0.282. The zero-order valence-corrected chi connectivity index (χ0v) is 12.9. The molecule has 1 heterocycles. The Morgan fingerprint density at radius 3 is 2.90 bits per heavy atom. The third-order valence-electron chi connectivity index (χ3n) is 3.89. The van der Waals surface area contributed by atoms with Crippen molar-refractivity contribution in [3.05, 3.63) is 29.3 Å². The highest BCUT2D eigenvalue weighted by atomic mass is 32.2. The molecule has 0 bridgehead atoms. The molecule has 1 atom stereocenters. The van der Waals surface area contributed by atoms with Gasteiger partial charge in [-0.15, -0.1) is 0 Å². The van der Waals surface area contributed by atoms with Crippen molar-refractivity contribution >= 4 is 15.9 Å². The smallest absolute Gasteiger partial charge is 0.279 e. The summed E-state index contributed by atoms with van der Waals surface area (Å²) in [4.78, 5) is 0. The van der Waals surface area contributed by atoms with Crippen molar-refractivity contribution in [3.8, 4) is 0 Å². The zero-order valence-electron chi connectivity index (χ0n) is 12.1. The van der Waals surface area contributed by atoms with E-state index in [0.717, 1.165) is 24.0 Å². The van der Waals surface area contributed by atoms with E-state index in [2.05, 4.69) is 11.6 Å². The zero-order chi connectivity index (χ0) is 14.8. The number of nitrogens with one attached hydrogen (secondary N) is 1. The number of nitrogen functional groups attached to an aromatic ring is 1. The van der Waals surface area contributed by atoms with E-state index in [9.17, 15) is 8.42 Å². The molecule has 112 valence electrons. The third kappa shape index (κ3) is 3.50. The molecule has 1 aromatic rings. The fourth-order valence-corrected chi connectivity index (χ4v) is 3.86. The highest BCUT2D eigenvalue weighted by molar-refractivity contribution is 7.87. The monoisotopic (exact) mass is 297 g/mol. The molecular formula is C14H23N3O2S. The predicted molar refractivity (Wildman–Crippen MR) is 81.3 cm³/mol. The lowest BCUT2D eigenvalue weighted by atomic mass is 10.0. The van der Waals surface area contributed by atoms with Gasteiger partial charge in [-0.3, -0.25) is 0 Å². The first-order valence-corrected chi connectivity index (χ1v) is 8.43. The number of hydrogen-bond donors (Lipinski definition) is 2. The van der Waals surface area contributed by atoms with E-state index in [1.807, 2.05) is 25.1 Å². The summed E-state index contributed by atoms with van der Waals surface area (Å²) in [5, 5.41) is 0. The fourth-order valence-electron chi connectivity index (χ4n) is 2.52. The Morgan fingerprint density at radius 2 is 2.20 bits per heavy atom. The summed E-state index contributed by atoms with van der Waals surface area (Å²) < 4.78 is 28.8. The highest BCUT2D eigenvalue weighted by Gasteiger charge is 2.26. The molecule has 0 spiro atoms. The molecule has 1 aromatic carbocycles. The van der Waals surface area contributed by atoms with Gasteiger partial charge in [0.05, 0.1) is 0 Å². The quantitative estimate of drug-likeness (QED) is 0.830. The molecule has 0 saturated carbocycles. The van der Waals surface area contributed by atoms with E-state index in [4.69, 9.17) is 5.73 Å². The maximum Gasteiger partial charge on any atom is 0.279 e. The van der Waals surface area contributed by atoms with Crippen LogP contribution in [0.2, 0.25) is 0 Å². The average Bonchev–Trinajstić information content (AvgIpc) is 2.40. The fraction of sp³-hybridized carbons (Fsp3) is 0.571. The van der Waals surface area contributed by atoms with Crippen molar-refractivity contribution in [3.63, 3.8) is 0 Å². The summed E-state index contributed by atoms with van der Waals surface area (Å²) in [6.07, 6.45) is 2.03. The molecule has 0 radical (unpaired) electrons. The number of hydrogen-bond acceptors (Lipinski definition) is 3. The van der Waals surface area contributed by atoms with Gasteiger partial charge in [0.25, 0.3) is 10.2 Å². The molecule has 1 aliphatic rings. The minimum Gasteiger partial charge on any atom is -0.399 e. The van der Waals surface area contributed by atoms with Crippen LogP contribution in [0.15, 0.2) is 18.2 Å².